The van der Waals surface area contributed by atoms with Crippen LogP contribution in [0.2, 0.25) is 0 Å². The summed E-state index contributed by atoms with van der Waals surface area (Å²) in [6.07, 6.45) is -8.43. The fraction of sp³-hybridized carbons (Fsp3) is 0.333. The summed E-state index contributed by atoms with van der Waals surface area (Å²) in [5.74, 6) is 0. The molecular formula is C18H20F6. The molecular weight excluding hydrogens is 330 g/mol. The van der Waals surface area contributed by atoms with E-state index in [0.717, 1.165) is 12.1 Å². The molecule has 24 heavy (non-hydrogen) atoms. The zero-order valence-electron chi connectivity index (χ0n) is 13.9. The van der Waals surface area contributed by atoms with Crippen molar-refractivity contribution in [2.75, 3.05) is 0 Å². The first-order chi connectivity index (χ1) is 11.0. The second kappa shape index (κ2) is 9.35. The minimum atomic E-state index is -4.22. The van der Waals surface area contributed by atoms with Gasteiger partial charge in [0.15, 0.2) is 0 Å². The van der Waals surface area contributed by atoms with Gasteiger partial charge in [-0.05, 0) is 37.1 Å². The lowest BCUT2D eigenvalue weighted by atomic mass is 10.1. The first-order valence-electron chi connectivity index (χ1n) is 7.29. The van der Waals surface area contributed by atoms with E-state index in [1.165, 1.54) is 38.1 Å². The Morgan fingerprint density at radius 2 is 0.792 bits per heavy atom. The van der Waals surface area contributed by atoms with Crippen molar-refractivity contribution in [2.24, 2.45) is 0 Å². The quantitative estimate of drug-likeness (QED) is 0.446. The Morgan fingerprint density at radius 3 is 0.958 bits per heavy atom. The number of benzene rings is 2. The maximum Gasteiger partial charge on any atom is 0.416 e. The van der Waals surface area contributed by atoms with Crippen LogP contribution in [-0.4, -0.2) is 0 Å². The van der Waals surface area contributed by atoms with Crippen molar-refractivity contribution in [2.45, 2.75) is 40.0 Å². The van der Waals surface area contributed by atoms with E-state index in [-0.39, 0.29) is 11.1 Å². The van der Waals surface area contributed by atoms with Gasteiger partial charge in [0.2, 0.25) is 0 Å². The summed E-state index contributed by atoms with van der Waals surface area (Å²) in [5, 5.41) is 0. The average molecular weight is 350 g/mol. The Hall–Kier alpha value is -1.98. The van der Waals surface area contributed by atoms with Gasteiger partial charge in [0.1, 0.15) is 0 Å². The summed E-state index contributed by atoms with van der Waals surface area (Å²) < 4.78 is 72.3. The van der Waals surface area contributed by atoms with Gasteiger partial charge < -0.3 is 0 Å². The van der Waals surface area contributed by atoms with Crippen LogP contribution in [0.5, 0.6) is 0 Å². The monoisotopic (exact) mass is 350 g/mol. The molecule has 0 heterocycles. The summed E-state index contributed by atoms with van der Waals surface area (Å²) in [4.78, 5) is 0. The molecule has 0 amide bonds. The number of hydrogen-bond acceptors (Lipinski definition) is 0. The highest BCUT2D eigenvalue weighted by atomic mass is 19.4. The molecule has 2 aromatic carbocycles. The Kier molecular flexibility index (Phi) is 8.58. The molecule has 0 aliphatic carbocycles. The molecule has 0 fully saturated rings. The molecule has 0 atom stereocenters. The highest BCUT2D eigenvalue weighted by Gasteiger charge is 2.32. The van der Waals surface area contributed by atoms with Gasteiger partial charge >= 0.3 is 12.4 Å². The third-order valence-electron chi connectivity index (χ3n) is 2.90. The summed E-state index contributed by atoms with van der Waals surface area (Å²) in [6, 6.07) is 11.0. The third kappa shape index (κ3) is 7.06. The molecule has 0 N–H and O–H groups in total. The lowest BCUT2D eigenvalue weighted by molar-refractivity contribution is -0.138. The van der Waals surface area contributed by atoms with Crippen molar-refractivity contribution in [3.05, 3.63) is 70.8 Å². The van der Waals surface area contributed by atoms with Gasteiger partial charge in [-0.15, -0.1) is 0 Å². The minimum absolute atomic E-state index is 0.264. The summed E-state index contributed by atoms with van der Waals surface area (Å²) >= 11 is 0. The summed E-state index contributed by atoms with van der Waals surface area (Å²) in [7, 11) is 0. The topological polar surface area (TPSA) is 0 Å². The highest BCUT2D eigenvalue weighted by Crippen LogP contribution is 2.31. The number of aryl methyl sites for hydroxylation is 2. The van der Waals surface area contributed by atoms with Crippen LogP contribution in [0.1, 0.15) is 36.1 Å². The molecule has 0 saturated carbocycles. The van der Waals surface area contributed by atoms with Crippen molar-refractivity contribution in [3.63, 3.8) is 0 Å². The number of rotatable bonds is 0. The smallest absolute Gasteiger partial charge is 0.166 e. The zero-order valence-corrected chi connectivity index (χ0v) is 13.9. The van der Waals surface area contributed by atoms with Crippen LogP contribution in [0.15, 0.2) is 48.5 Å². The van der Waals surface area contributed by atoms with Crippen LogP contribution < -0.4 is 0 Å². The van der Waals surface area contributed by atoms with Crippen LogP contribution >= 0.6 is 0 Å². The average Bonchev–Trinajstić information content (AvgIpc) is 2.48. The molecule has 0 aliphatic rings. The predicted molar refractivity (Wildman–Crippen MR) is 83.7 cm³/mol. The van der Waals surface area contributed by atoms with Gasteiger partial charge in [-0.3, -0.25) is 0 Å². The highest BCUT2D eigenvalue weighted by molar-refractivity contribution is 5.28. The maximum atomic E-state index is 12.0. The molecule has 0 radical (unpaired) electrons. The van der Waals surface area contributed by atoms with E-state index in [0.29, 0.717) is 0 Å². The lowest BCUT2D eigenvalue weighted by Crippen LogP contribution is -2.06. The van der Waals surface area contributed by atoms with Crippen LogP contribution in [0.25, 0.3) is 0 Å². The Labute approximate surface area is 138 Å². The predicted octanol–water partition coefficient (Wildman–Crippen LogP) is 7.05. The molecule has 2 rings (SSSR count). The Morgan fingerprint density at radius 1 is 0.542 bits per heavy atom. The van der Waals surface area contributed by atoms with Crippen LogP contribution in [0.4, 0.5) is 26.3 Å². The van der Waals surface area contributed by atoms with E-state index in [9.17, 15) is 26.3 Å². The minimum Gasteiger partial charge on any atom is -0.166 e. The second-order valence-corrected chi connectivity index (χ2v) is 4.63. The first kappa shape index (κ1) is 22.0. The van der Waals surface area contributed by atoms with Crippen LogP contribution in [0.3, 0.4) is 0 Å². The van der Waals surface area contributed by atoms with E-state index in [1.54, 1.807) is 12.1 Å². The van der Waals surface area contributed by atoms with Crippen molar-refractivity contribution >= 4 is 0 Å². The molecule has 2 aromatic rings. The van der Waals surface area contributed by atoms with Gasteiger partial charge in [-0.25, -0.2) is 0 Å². The molecule has 134 valence electrons. The number of alkyl halides is 6. The van der Waals surface area contributed by atoms with Gasteiger partial charge in [0.25, 0.3) is 0 Å². The molecule has 0 aliphatic heterocycles. The van der Waals surface area contributed by atoms with Gasteiger partial charge in [0, 0.05) is 0 Å². The fourth-order valence-corrected chi connectivity index (χ4v) is 1.78. The third-order valence-corrected chi connectivity index (χ3v) is 2.90. The van der Waals surface area contributed by atoms with E-state index in [2.05, 4.69) is 0 Å². The first-order valence-corrected chi connectivity index (χ1v) is 7.29. The summed E-state index contributed by atoms with van der Waals surface area (Å²) in [6.45, 7) is 6.89. The van der Waals surface area contributed by atoms with E-state index in [4.69, 9.17) is 0 Å². The van der Waals surface area contributed by atoms with Crippen LogP contribution in [-0.2, 0) is 12.4 Å². The van der Waals surface area contributed by atoms with Crippen molar-refractivity contribution in [3.8, 4) is 0 Å². The Bertz CT molecular complexity index is 556. The lowest BCUT2D eigenvalue weighted by Gasteiger charge is -2.08. The maximum absolute atomic E-state index is 12.0. The fourth-order valence-electron chi connectivity index (χ4n) is 1.78. The summed E-state index contributed by atoms with van der Waals surface area (Å²) in [5.41, 5.74) is -0.583. The molecule has 0 nitrogen and oxygen atoms in total. The van der Waals surface area contributed by atoms with E-state index in [1.807, 2.05) is 13.8 Å². The molecule has 6 heteroatoms. The second-order valence-electron chi connectivity index (χ2n) is 4.63. The number of halogens is 6. The standard InChI is InChI=1S/2C8H7F3.C2H6/c2*1-6-4-2-3-5-7(6)8(9,10)11;1-2/h2*2-5H,1H3;1-2H3. The SMILES string of the molecule is CC.Cc1ccccc1C(F)(F)F.Cc1ccccc1C(F)(F)F. The van der Waals surface area contributed by atoms with Crippen molar-refractivity contribution in [1.29, 1.82) is 0 Å². The van der Waals surface area contributed by atoms with E-state index < -0.39 is 23.5 Å². The molecule has 0 aromatic heterocycles. The van der Waals surface area contributed by atoms with Gasteiger partial charge in [-0.1, -0.05) is 50.2 Å². The molecule has 0 spiro atoms. The molecule has 0 unspecified atom stereocenters. The van der Waals surface area contributed by atoms with Gasteiger partial charge in [0.05, 0.1) is 11.1 Å². The molecule has 0 bridgehead atoms. The van der Waals surface area contributed by atoms with Gasteiger partial charge in [-0.2, -0.15) is 26.3 Å². The number of hydrogen-bond donors (Lipinski definition) is 0. The van der Waals surface area contributed by atoms with Crippen molar-refractivity contribution in [1.82, 2.24) is 0 Å². The van der Waals surface area contributed by atoms with E-state index >= 15 is 0 Å². The van der Waals surface area contributed by atoms with Crippen molar-refractivity contribution < 1.29 is 26.3 Å². The normalized spacial score (nSPS) is 10.9. The Balaban J connectivity index is 0.000000400. The van der Waals surface area contributed by atoms with Crippen LogP contribution in [0, 0.1) is 13.8 Å². The zero-order chi connectivity index (χ0) is 19.0. The largest absolute Gasteiger partial charge is 0.416 e. The molecule has 0 saturated heterocycles.